The number of alkyl halides is 1. The van der Waals surface area contributed by atoms with Gasteiger partial charge in [0.1, 0.15) is 17.9 Å². The molecule has 0 spiro atoms. The number of benzene rings is 1. The molecule has 0 bridgehead atoms. The highest BCUT2D eigenvalue weighted by molar-refractivity contribution is 5.55. The predicted molar refractivity (Wildman–Crippen MR) is 42.2 cm³/mol. The molecule has 0 amide bonds. The molecule has 15 heavy (non-hydrogen) atoms. The Morgan fingerprint density at radius 1 is 1.20 bits per heavy atom. The maximum Gasteiger partial charge on any atom is 0.316 e. The molecule has 0 radical (unpaired) electrons. The molecule has 8 heteroatoms. The van der Waals surface area contributed by atoms with Crippen molar-refractivity contribution < 1.29 is 22.5 Å². The minimum atomic E-state index is -1.97. The summed E-state index contributed by atoms with van der Waals surface area (Å²) in [6.07, 6.45) is 0. The Labute approximate surface area is 80.5 Å². The van der Waals surface area contributed by atoms with Gasteiger partial charge < -0.3 is 5.73 Å². The van der Waals surface area contributed by atoms with E-state index in [4.69, 9.17) is 5.73 Å². The number of nitrogens with two attached hydrogens (primary N) is 1. The van der Waals surface area contributed by atoms with Gasteiger partial charge in [0.15, 0.2) is 11.6 Å². The number of nitro groups is 1. The van der Waals surface area contributed by atoms with Crippen molar-refractivity contribution in [3.63, 3.8) is 0 Å². The molecule has 2 N–H and O–H groups in total. The number of nitrogens with zero attached hydrogens (tertiary/aromatic N) is 1. The van der Waals surface area contributed by atoms with Gasteiger partial charge in [-0.2, -0.15) is 4.39 Å². The molecule has 0 atom stereocenters. The number of hydrogen-bond acceptors (Lipinski definition) is 3. The third kappa shape index (κ3) is 1.58. The lowest BCUT2D eigenvalue weighted by atomic mass is 10.1. The van der Waals surface area contributed by atoms with Crippen molar-refractivity contribution in [2.24, 2.45) is 0 Å². The Bertz CT molecular complexity index is 436. The molecule has 0 aromatic heterocycles. The van der Waals surface area contributed by atoms with E-state index in [2.05, 4.69) is 0 Å². The molecule has 1 aromatic carbocycles. The van der Waals surface area contributed by atoms with Gasteiger partial charge in [-0.3, -0.25) is 10.1 Å². The standard InChI is InChI=1S/C7H4F4N2O2/c8-1-2-3(9)6(12)4(10)5(11)7(2)13(14)15/h1,12H2. The first kappa shape index (κ1) is 11.2. The largest absolute Gasteiger partial charge is 0.394 e. The topological polar surface area (TPSA) is 69.2 Å². The van der Waals surface area contributed by atoms with Crippen LogP contribution in [0.5, 0.6) is 0 Å². The summed E-state index contributed by atoms with van der Waals surface area (Å²) in [5.74, 6) is -5.51. The second kappa shape index (κ2) is 3.71. The molecule has 4 nitrogen and oxygen atoms in total. The summed E-state index contributed by atoms with van der Waals surface area (Å²) in [7, 11) is 0. The zero-order valence-corrected chi connectivity index (χ0v) is 7.06. The molecule has 0 aliphatic rings. The van der Waals surface area contributed by atoms with Crippen molar-refractivity contribution in [2.45, 2.75) is 6.67 Å². The van der Waals surface area contributed by atoms with E-state index < -0.39 is 46.0 Å². The van der Waals surface area contributed by atoms with E-state index in [0.717, 1.165) is 0 Å². The van der Waals surface area contributed by atoms with Crippen LogP contribution in [-0.4, -0.2) is 4.92 Å². The van der Waals surface area contributed by atoms with Gasteiger partial charge in [-0.1, -0.05) is 0 Å². The number of anilines is 1. The van der Waals surface area contributed by atoms with E-state index >= 15 is 0 Å². The minimum absolute atomic E-state index is 1.20. The lowest BCUT2D eigenvalue weighted by Gasteiger charge is -2.05. The monoisotopic (exact) mass is 224 g/mol. The molecule has 0 unspecified atom stereocenters. The predicted octanol–water partition coefficient (Wildman–Crippen LogP) is 2.06. The Balaban J connectivity index is 3.70. The molecule has 0 saturated heterocycles. The van der Waals surface area contributed by atoms with Crippen molar-refractivity contribution in [1.82, 2.24) is 0 Å². The van der Waals surface area contributed by atoms with E-state index in [0.29, 0.717) is 0 Å². The first-order valence-electron chi connectivity index (χ1n) is 3.57. The third-order valence-corrected chi connectivity index (χ3v) is 1.74. The van der Waals surface area contributed by atoms with E-state index in [-0.39, 0.29) is 0 Å². The highest BCUT2D eigenvalue weighted by Crippen LogP contribution is 2.32. The van der Waals surface area contributed by atoms with Crippen molar-refractivity contribution in [3.8, 4) is 0 Å². The van der Waals surface area contributed by atoms with Gasteiger partial charge in [0.2, 0.25) is 5.82 Å². The number of nitro benzene ring substituents is 1. The van der Waals surface area contributed by atoms with E-state index in [9.17, 15) is 27.7 Å². The summed E-state index contributed by atoms with van der Waals surface area (Å²) in [4.78, 5) is 8.84. The van der Waals surface area contributed by atoms with E-state index in [1.54, 1.807) is 0 Å². The van der Waals surface area contributed by atoms with Gasteiger partial charge in [-0.05, 0) is 0 Å². The normalized spacial score (nSPS) is 10.4. The van der Waals surface area contributed by atoms with Crippen molar-refractivity contribution in [1.29, 1.82) is 0 Å². The first-order valence-corrected chi connectivity index (χ1v) is 3.57. The van der Waals surface area contributed by atoms with Gasteiger partial charge in [-0.15, -0.1) is 0 Å². The fourth-order valence-corrected chi connectivity index (χ4v) is 1.03. The number of halogens is 4. The van der Waals surface area contributed by atoms with Crippen LogP contribution in [0.15, 0.2) is 0 Å². The quantitative estimate of drug-likeness (QED) is 0.275. The first-order chi connectivity index (χ1) is 6.91. The molecule has 0 heterocycles. The maximum absolute atomic E-state index is 13.0. The van der Waals surface area contributed by atoms with Crippen LogP contribution in [0, 0.1) is 27.6 Å². The molecule has 0 aliphatic carbocycles. The van der Waals surface area contributed by atoms with Crippen molar-refractivity contribution >= 4 is 11.4 Å². The fraction of sp³-hybridized carbons (Fsp3) is 0.143. The lowest BCUT2D eigenvalue weighted by Crippen LogP contribution is -2.08. The molecule has 0 aliphatic heterocycles. The van der Waals surface area contributed by atoms with Crippen LogP contribution < -0.4 is 5.73 Å². The van der Waals surface area contributed by atoms with Gasteiger partial charge in [0.05, 0.1) is 4.92 Å². The summed E-state index contributed by atoms with van der Waals surface area (Å²) >= 11 is 0. The number of nitrogen functional groups attached to an aromatic ring is 1. The molecule has 1 aromatic rings. The Hall–Kier alpha value is -1.86. The summed E-state index contributed by atoms with van der Waals surface area (Å²) in [5, 5.41) is 10.2. The Kier molecular flexibility index (Phi) is 2.78. The fourth-order valence-electron chi connectivity index (χ4n) is 1.03. The highest BCUT2D eigenvalue weighted by atomic mass is 19.2. The van der Waals surface area contributed by atoms with Crippen molar-refractivity contribution in [3.05, 3.63) is 33.1 Å². The maximum atomic E-state index is 13.0. The molecular weight excluding hydrogens is 220 g/mol. The van der Waals surface area contributed by atoms with Crippen LogP contribution in [0.1, 0.15) is 5.56 Å². The Morgan fingerprint density at radius 2 is 1.73 bits per heavy atom. The van der Waals surface area contributed by atoms with Gasteiger partial charge in [0.25, 0.3) is 0 Å². The van der Waals surface area contributed by atoms with E-state index in [1.807, 2.05) is 0 Å². The van der Waals surface area contributed by atoms with E-state index in [1.165, 1.54) is 0 Å². The second-order valence-corrected chi connectivity index (χ2v) is 2.57. The zero-order valence-electron chi connectivity index (χ0n) is 7.06. The molecular formula is C7H4F4N2O2. The summed E-state index contributed by atoms with van der Waals surface area (Å²) in [6, 6.07) is 0. The Morgan fingerprint density at radius 3 is 2.13 bits per heavy atom. The van der Waals surface area contributed by atoms with Gasteiger partial charge in [0, 0.05) is 0 Å². The average Bonchev–Trinajstić information content (AvgIpc) is 2.19. The van der Waals surface area contributed by atoms with Gasteiger partial charge in [-0.25, -0.2) is 13.2 Å². The minimum Gasteiger partial charge on any atom is -0.394 e. The van der Waals surface area contributed by atoms with Gasteiger partial charge >= 0.3 is 5.69 Å². The molecule has 0 fully saturated rings. The van der Waals surface area contributed by atoms with Crippen LogP contribution in [0.3, 0.4) is 0 Å². The molecule has 0 saturated carbocycles. The number of hydrogen-bond donors (Lipinski definition) is 1. The third-order valence-electron chi connectivity index (χ3n) is 1.74. The van der Waals surface area contributed by atoms with Crippen LogP contribution >= 0.6 is 0 Å². The average molecular weight is 224 g/mol. The van der Waals surface area contributed by atoms with Crippen molar-refractivity contribution in [2.75, 3.05) is 5.73 Å². The molecule has 1 rings (SSSR count). The zero-order chi connectivity index (χ0) is 11.7. The molecule has 82 valence electrons. The van der Waals surface area contributed by atoms with Crippen LogP contribution in [-0.2, 0) is 6.67 Å². The second-order valence-electron chi connectivity index (χ2n) is 2.57. The summed E-state index contributed by atoms with van der Waals surface area (Å²) in [6.45, 7) is -1.65. The highest BCUT2D eigenvalue weighted by Gasteiger charge is 2.31. The summed E-state index contributed by atoms with van der Waals surface area (Å²) in [5.41, 5.74) is 0.711. The summed E-state index contributed by atoms with van der Waals surface area (Å²) < 4.78 is 50.9. The number of rotatable bonds is 2. The lowest BCUT2D eigenvalue weighted by molar-refractivity contribution is -0.388. The van der Waals surface area contributed by atoms with Crippen LogP contribution in [0.25, 0.3) is 0 Å². The van der Waals surface area contributed by atoms with Crippen LogP contribution in [0.2, 0.25) is 0 Å². The smallest absolute Gasteiger partial charge is 0.316 e. The SMILES string of the molecule is Nc1c(F)c(F)c([N+](=O)[O-])c(CF)c1F. The van der Waals surface area contributed by atoms with Crippen LogP contribution in [0.4, 0.5) is 28.9 Å².